The van der Waals surface area contributed by atoms with E-state index in [0.717, 1.165) is 50.0 Å². The summed E-state index contributed by atoms with van der Waals surface area (Å²) in [7, 11) is 1.66. The Balaban J connectivity index is 1.25. The van der Waals surface area contributed by atoms with Crippen molar-refractivity contribution in [3.63, 3.8) is 0 Å². The summed E-state index contributed by atoms with van der Waals surface area (Å²) in [6, 6.07) is 18.8. The third-order valence-corrected chi connectivity index (χ3v) is 8.37. The van der Waals surface area contributed by atoms with Gasteiger partial charge in [0.05, 0.1) is 34.3 Å². The Labute approximate surface area is 233 Å². The number of nitrogens with zero attached hydrogens (tertiary/aromatic N) is 4. The van der Waals surface area contributed by atoms with Crippen LogP contribution in [0, 0.1) is 6.92 Å². The molecule has 1 aliphatic rings. The standard InChI is InChI=1S/C30H27F3N4O2S/c1-19-3-5-20(6-4-19)27-25(37-24-12-11-23(39-2)17-26(24)40-29(37)34-27)18-35-13-15-36(16-14-35)28(38)21-7-9-22(10-8-21)30(31,32)33/h3-12,17H,13-16,18H2,1-2H3. The van der Waals surface area contributed by atoms with Gasteiger partial charge in [-0.05, 0) is 49.4 Å². The van der Waals surface area contributed by atoms with Crippen LogP contribution >= 0.6 is 11.3 Å². The van der Waals surface area contributed by atoms with E-state index < -0.39 is 11.7 Å². The fourth-order valence-electron chi connectivity index (χ4n) is 5.13. The molecule has 10 heteroatoms. The lowest BCUT2D eigenvalue weighted by atomic mass is 10.1. The Hall–Kier alpha value is -3.89. The molecule has 206 valence electrons. The van der Waals surface area contributed by atoms with Gasteiger partial charge in [0, 0.05) is 43.9 Å². The molecule has 0 aliphatic carbocycles. The number of halogens is 3. The molecule has 6 nitrogen and oxygen atoms in total. The molecule has 0 spiro atoms. The van der Waals surface area contributed by atoms with E-state index in [2.05, 4.69) is 46.6 Å². The Morgan fingerprint density at radius 3 is 2.33 bits per heavy atom. The molecular formula is C30H27F3N4O2S. The number of aromatic nitrogens is 2. The summed E-state index contributed by atoms with van der Waals surface area (Å²) in [4.78, 5) is 23.0. The van der Waals surface area contributed by atoms with Crippen LogP contribution in [-0.4, -0.2) is 58.4 Å². The number of hydrogen-bond acceptors (Lipinski definition) is 5. The molecule has 0 saturated carbocycles. The number of carbonyl (C=O) groups is 1. The molecule has 1 amide bonds. The topological polar surface area (TPSA) is 50.1 Å². The highest BCUT2D eigenvalue weighted by Crippen LogP contribution is 2.35. The first-order chi connectivity index (χ1) is 19.2. The molecule has 6 rings (SSSR count). The lowest BCUT2D eigenvalue weighted by Crippen LogP contribution is -2.48. The van der Waals surface area contributed by atoms with E-state index in [4.69, 9.17) is 9.72 Å². The number of hydrogen-bond donors (Lipinski definition) is 0. The quantitative estimate of drug-likeness (QED) is 0.244. The Morgan fingerprint density at radius 2 is 1.68 bits per heavy atom. The van der Waals surface area contributed by atoms with Crippen molar-refractivity contribution < 1.29 is 22.7 Å². The van der Waals surface area contributed by atoms with Gasteiger partial charge in [0.2, 0.25) is 0 Å². The van der Waals surface area contributed by atoms with Crippen molar-refractivity contribution >= 4 is 32.4 Å². The number of ether oxygens (including phenoxy) is 1. The van der Waals surface area contributed by atoms with Crippen LogP contribution in [0.3, 0.4) is 0 Å². The molecule has 0 unspecified atom stereocenters. The average molecular weight is 565 g/mol. The highest BCUT2D eigenvalue weighted by Gasteiger charge is 2.31. The molecule has 1 saturated heterocycles. The van der Waals surface area contributed by atoms with Gasteiger partial charge in [-0.25, -0.2) is 4.98 Å². The fourth-order valence-corrected chi connectivity index (χ4v) is 6.20. The number of rotatable bonds is 5. The number of fused-ring (bicyclic) bond motifs is 3. The van der Waals surface area contributed by atoms with Crippen molar-refractivity contribution in [2.45, 2.75) is 19.6 Å². The van der Waals surface area contributed by atoms with E-state index in [1.54, 1.807) is 23.3 Å². The predicted octanol–water partition coefficient (Wildman–Crippen LogP) is 6.51. The van der Waals surface area contributed by atoms with E-state index >= 15 is 0 Å². The second kappa shape index (κ2) is 10.3. The molecular weight excluding hydrogens is 537 g/mol. The molecule has 3 aromatic carbocycles. The van der Waals surface area contributed by atoms with Gasteiger partial charge >= 0.3 is 6.18 Å². The van der Waals surface area contributed by atoms with Gasteiger partial charge in [0.1, 0.15) is 5.75 Å². The van der Waals surface area contributed by atoms with Crippen LogP contribution in [0.5, 0.6) is 5.75 Å². The number of thiazole rings is 1. The van der Waals surface area contributed by atoms with Gasteiger partial charge in [-0.3, -0.25) is 14.1 Å². The number of benzene rings is 3. The maximum atomic E-state index is 13.0. The van der Waals surface area contributed by atoms with Crippen molar-refractivity contribution in [1.29, 1.82) is 0 Å². The minimum absolute atomic E-state index is 0.252. The first kappa shape index (κ1) is 26.3. The molecule has 0 atom stereocenters. The van der Waals surface area contributed by atoms with E-state index in [9.17, 15) is 18.0 Å². The van der Waals surface area contributed by atoms with Crippen molar-refractivity contribution in [3.05, 3.63) is 89.1 Å². The van der Waals surface area contributed by atoms with E-state index in [0.29, 0.717) is 32.7 Å². The van der Waals surface area contributed by atoms with Crippen molar-refractivity contribution in [3.8, 4) is 17.0 Å². The highest BCUT2D eigenvalue weighted by atomic mass is 32.1. The first-order valence-corrected chi connectivity index (χ1v) is 13.8. The van der Waals surface area contributed by atoms with Gasteiger partial charge in [-0.2, -0.15) is 13.2 Å². The summed E-state index contributed by atoms with van der Waals surface area (Å²) < 4.78 is 47.5. The molecule has 40 heavy (non-hydrogen) atoms. The summed E-state index contributed by atoms with van der Waals surface area (Å²) in [6.45, 7) is 4.96. The zero-order valence-corrected chi connectivity index (χ0v) is 22.9. The zero-order chi connectivity index (χ0) is 28.0. The van der Waals surface area contributed by atoms with Crippen molar-refractivity contribution in [1.82, 2.24) is 19.2 Å². The SMILES string of the molecule is COc1ccc2c(c1)sc1nc(-c3ccc(C)cc3)c(CN3CCN(C(=O)c4ccc(C(F)(F)F)cc4)CC3)n12. The second-order valence-electron chi connectivity index (χ2n) is 9.97. The molecule has 1 fully saturated rings. The van der Waals surface area contributed by atoms with Crippen molar-refractivity contribution in [2.75, 3.05) is 33.3 Å². The monoisotopic (exact) mass is 564 g/mol. The van der Waals surface area contributed by atoms with Crippen LogP contribution in [0.15, 0.2) is 66.7 Å². The summed E-state index contributed by atoms with van der Waals surface area (Å²) in [6.07, 6.45) is -4.43. The van der Waals surface area contributed by atoms with E-state index in [1.165, 1.54) is 17.7 Å². The Kier molecular flexibility index (Phi) is 6.75. The minimum Gasteiger partial charge on any atom is -0.497 e. The van der Waals surface area contributed by atoms with Crippen LogP contribution in [0.25, 0.3) is 26.4 Å². The fraction of sp³-hybridized carbons (Fsp3) is 0.267. The van der Waals surface area contributed by atoms with Crippen LogP contribution in [-0.2, 0) is 12.7 Å². The first-order valence-electron chi connectivity index (χ1n) is 12.9. The minimum atomic E-state index is -4.43. The maximum absolute atomic E-state index is 13.0. The zero-order valence-electron chi connectivity index (χ0n) is 22.0. The molecule has 3 heterocycles. The lowest BCUT2D eigenvalue weighted by molar-refractivity contribution is -0.137. The van der Waals surface area contributed by atoms with Gasteiger partial charge < -0.3 is 9.64 Å². The van der Waals surface area contributed by atoms with Gasteiger partial charge in [-0.1, -0.05) is 41.2 Å². The van der Waals surface area contributed by atoms with Crippen LogP contribution in [0.2, 0.25) is 0 Å². The van der Waals surface area contributed by atoms with Crippen LogP contribution in [0.1, 0.15) is 27.2 Å². The largest absolute Gasteiger partial charge is 0.497 e. The third kappa shape index (κ3) is 4.93. The summed E-state index contributed by atoms with van der Waals surface area (Å²) in [5, 5.41) is 0. The Bertz CT molecular complexity index is 1680. The van der Waals surface area contributed by atoms with Crippen molar-refractivity contribution in [2.24, 2.45) is 0 Å². The van der Waals surface area contributed by atoms with E-state index in [-0.39, 0.29) is 11.5 Å². The van der Waals surface area contributed by atoms with Crippen LogP contribution in [0.4, 0.5) is 13.2 Å². The average Bonchev–Trinajstić information content (AvgIpc) is 3.49. The number of amides is 1. The normalized spacial score (nSPS) is 14.8. The van der Waals surface area contributed by atoms with Gasteiger partial charge in [0.15, 0.2) is 4.96 Å². The number of aryl methyl sites for hydroxylation is 1. The summed E-state index contributed by atoms with van der Waals surface area (Å²) in [5.74, 6) is 0.546. The predicted molar refractivity (Wildman–Crippen MR) is 150 cm³/mol. The number of alkyl halides is 3. The third-order valence-electron chi connectivity index (χ3n) is 7.37. The smallest absolute Gasteiger partial charge is 0.416 e. The maximum Gasteiger partial charge on any atom is 0.416 e. The van der Waals surface area contributed by atoms with Gasteiger partial charge in [-0.15, -0.1) is 0 Å². The second-order valence-corrected chi connectivity index (χ2v) is 11.0. The molecule has 0 N–H and O–H groups in total. The Morgan fingerprint density at radius 1 is 0.975 bits per heavy atom. The summed E-state index contributed by atoms with van der Waals surface area (Å²) >= 11 is 1.62. The summed E-state index contributed by atoms with van der Waals surface area (Å²) in [5.41, 5.74) is 4.82. The van der Waals surface area contributed by atoms with Crippen LogP contribution < -0.4 is 4.74 Å². The molecule has 1 aliphatic heterocycles. The molecule has 0 radical (unpaired) electrons. The van der Waals surface area contributed by atoms with Gasteiger partial charge in [0.25, 0.3) is 5.91 Å². The molecule has 2 aromatic heterocycles. The molecule has 5 aromatic rings. The number of imidazole rings is 1. The highest BCUT2D eigenvalue weighted by molar-refractivity contribution is 7.23. The molecule has 0 bridgehead atoms. The lowest BCUT2D eigenvalue weighted by Gasteiger charge is -2.34. The number of piperazine rings is 1. The van der Waals surface area contributed by atoms with E-state index in [1.807, 2.05) is 12.1 Å². The number of methoxy groups -OCH3 is 1. The number of carbonyl (C=O) groups excluding carboxylic acids is 1.